The molecule has 0 radical (unpaired) electrons. The van der Waals surface area contributed by atoms with Crippen molar-refractivity contribution in [2.45, 2.75) is 56.0 Å². The first-order valence-electron chi connectivity index (χ1n) is 11.5. The molecule has 0 heterocycles. The fourth-order valence-corrected chi connectivity index (χ4v) is 5.03. The largest absolute Gasteiger partial charge is 0.493 e. The van der Waals surface area contributed by atoms with E-state index in [1.54, 1.807) is 6.07 Å². The van der Waals surface area contributed by atoms with Crippen molar-refractivity contribution in [1.29, 1.82) is 0 Å². The Labute approximate surface area is 212 Å². The summed E-state index contributed by atoms with van der Waals surface area (Å²) in [5.41, 5.74) is -0.604. The molecule has 0 saturated heterocycles. The Balaban J connectivity index is 1.20. The van der Waals surface area contributed by atoms with Crippen molar-refractivity contribution < 1.29 is 27.8 Å². The first-order valence-corrected chi connectivity index (χ1v) is 12.2. The van der Waals surface area contributed by atoms with E-state index in [9.17, 15) is 18.4 Å². The van der Waals surface area contributed by atoms with Gasteiger partial charge in [-0.05, 0) is 62.8 Å². The molecule has 10 heteroatoms. The van der Waals surface area contributed by atoms with E-state index in [0.717, 1.165) is 44.6 Å². The SMILES string of the molecule is O=C(CCOc1ccc(Cl)c(F)c1)NC12CCC(NC(=O)COc3ccc(Cl)c(F)c3)(CC1)CC2. The van der Waals surface area contributed by atoms with Crippen molar-refractivity contribution >= 4 is 35.0 Å². The minimum absolute atomic E-state index is 0.00912. The summed E-state index contributed by atoms with van der Waals surface area (Å²) >= 11 is 11.3. The van der Waals surface area contributed by atoms with Gasteiger partial charge >= 0.3 is 0 Å². The zero-order valence-electron chi connectivity index (χ0n) is 19.0. The molecule has 6 nitrogen and oxygen atoms in total. The number of hydrogen-bond acceptors (Lipinski definition) is 4. The number of halogens is 4. The van der Waals surface area contributed by atoms with Crippen LogP contribution in [0.15, 0.2) is 36.4 Å². The lowest BCUT2D eigenvalue weighted by molar-refractivity contribution is -0.129. The lowest BCUT2D eigenvalue weighted by Gasteiger charge is -2.53. The molecule has 2 aromatic carbocycles. The van der Waals surface area contributed by atoms with E-state index in [0.29, 0.717) is 5.75 Å². The molecule has 2 aromatic rings. The van der Waals surface area contributed by atoms with Crippen molar-refractivity contribution in [3.05, 3.63) is 58.1 Å². The van der Waals surface area contributed by atoms with Crippen LogP contribution >= 0.6 is 23.2 Å². The van der Waals surface area contributed by atoms with Gasteiger partial charge in [-0.15, -0.1) is 0 Å². The molecular formula is C25H26Cl2F2N2O4. The molecule has 3 saturated carbocycles. The number of rotatable bonds is 9. The Bertz CT molecular complexity index is 1090. The Morgan fingerprint density at radius 3 is 1.71 bits per heavy atom. The maximum absolute atomic E-state index is 13.5. The third kappa shape index (κ3) is 6.35. The van der Waals surface area contributed by atoms with E-state index in [2.05, 4.69) is 10.6 Å². The van der Waals surface area contributed by atoms with Gasteiger partial charge in [0.1, 0.15) is 23.1 Å². The summed E-state index contributed by atoms with van der Waals surface area (Å²) in [6.07, 6.45) is 4.65. The number of carbonyl (C=O) groups is 2. The van der Waals surface area contributed by atoms with Gasteiger partial charge in [0.2, 0.25) is 5.91 Å². The lowest BCUT2D eigenvalue weighted by Crippen LogP contribution is -2.64. The Kier molecular flexibility index (Phi) is 7.71. The van der Waals surface area contributed by atoms with Crippen molar-refractivity contribution in [1.82, 2.24) is 10.6 Å². The van der Waals surface area contributed by atoms with E-state index in [1.165, 1.54) is 24.3 Å². The topological polar surface area (TPSA) is 76.7 Å². The minimum atomic E-state index is -0.605. The summed E-state index contributed by atoms with van der Waals surface area (Å²) in [4.78, 5) is 25.0. The van der Waals surface area contributed by atoms with Gasteiger partial charge in [-0.1, -0.05) is 23.2 Å². The molecule has 0 unspecified atom stereocenters. The van der Waals surface area contributed by atoms with Crippen LogP contribution in [0.2, 0.25) is 10.0 Å². The van der Waals surface area contributed by atoms with Gasteiger partial charge in [-0.25, -0.2) is 8.78 Å². The zero-order valence-corrected chi connectivity index (χ0v) is 20.5. The van der Waals surface area contributed by atoms with Gasteiger partial charge < -0.3 is 20.1 Å². The maximum atomic E-state index is 13.5. The number of amides is 2. The van der Waals surface area contributed by atoms with E-state index in [-0.39, 0.29) is 58.3 Å². The van der Waals surface area contributed by atoms with Gasteiger partial charge in [-0.3, -0.25) is 9.59 Å². The van der Waals surface area contributed by atoms with Crippen LogP contribution in [-0.4, -0.2) is 36.1 Å². The van der Waals surface area contributed by atoms with Crippen LogP contribution in [0.3, 0.4) is 0 Å². The van der Waals surface area contributed by atoms with Crippen LogP contribution in [0, 0.1) is 11.6 Å². The Morgan fingerprint density at radius 2 is 1.23 bits per heavy atom. The summed E-state index contributed by atoms with van der Waals surface area (Å²) in [6.45, 7) is -0.0945. The van der Waals surface area contributed by atoms with Gasteiger partial charge in [0.25, 0.3) is 5.91 Å². The summed E-state index contributed by atoms with van der Waals surface area (Å²) in [5.74, 6) is -1.02. The molecule has 188 valence electrons. The predicted octanol–water partition coefficient (Wildman–Crippen LogP) is 5.20. The van der Waals surface area contributed by atoms with Gasteiger partial charge in [-0.2, -0.15) is 0 Å². The van der Waals surface area contributed by atoms with Gasteiger partial charge in [0.15, 0.2) is 6.61 Å². The van der Waals surface area contributed by atoms with Crippen molar-refractivity contribution in [2.75, 3.05) is 13.2 Å². The molecule has 3 aliphatic carbocycles. The molecular weight excluding hydrogens is 501 g/mol. The quantitative estimate of drug-likeness (QED) is 0.470. The summed E-state index contributed by atoms with van der Waals surface area (Å²) in [7, 11) is 0. The van der Waals surface area contributed by atoms with Crippen LogP contribution < -0.4 is 20.1 Å². The fourth-order valence-electron chi connectivity index (χ4n) is 4.79. The van der Waals surface area contributed by atoms with Crippen molar-refractivity contribution in [3.8, 4) is 11.5 Å². The molecule has 0 spiro atoms. The molecule has 2 bridgehead atoms. The van der Waals surface area contributed by atoms with Crippen molar-refractivity contribution in [2.24, 2.45) is 0 Å². The average molecular weight is 527 g/mol. The number of benzene rings is 2. The molecule has 2 amide bonds. The summed E-state index contributed by atoms with van der Waals surface area (Å²) in [5, 5.41) is 6.25. The van der Waals surface area contributed by atoms with Crippen LogP contribution in [0.5, 0.6) is 11.5 Å². The van der Waals surface area contributed by atoms with Crippen LogP contribution in [0.25, 0.3) is 0 Å². The van der Waals surface area contributed by atoms with Crippen molar-refractivity contribution in [3.63, 3.8) is 0 Å². The highest BCUT2D eigenvalue weighted by Crippen LogP contribution is 2.46. The molecule has 0 aromatic heterocycles. The number of nitrogens with one attached hydrogen (secondary N) is 2. The zero-order chi connectivity index (χ0) is 25.1. The Hall–Kier alpha value is -2.58. The number of hydrogen-bond donors (Lipinski definition) is 2. The third-order valence-electron chi connectivity index (χ3n) is 6.81. The second-order valence-corrected chi connectivity index (χ2v) is 10.0. The number of carbonyl (C=O) groups excluding carboxylic acids is 2. The fraction of sp³-hybridized carbons (Fsp3) is 0.440. The molecule has 3 aliphatic rings. The summed E-state index contributed by atoms with van der Waals surface area (Å²) in [6, 6.07) is 8.18. The summed E-state index contributed by atoms with van der Waals surface area (Å²) < 4.78 is 37.9. The third-order valence-corrected chi connectivity index (χ3v) is 7.42. The first kappa shape index (κ1) is 25.5. The first-order chi connectivity index (χ1) is 16.7. The maximum Gasteiger partial charge on any atom is 0.258 e. The predicted molar refractivity (Wildman–Crippen MR) is 128 cm³/mol. The highest BCUT2D eigenvalue weighted by Gasteiger charge is 2.49. The highest BCUT2D eigenvalue weighted by molar-refractivity contribution is 6.31. The smallest absolute Gasteiger partial charge is 0.258 e. The normalized spacial score (nSPS) is 23.0. The molecule has 0 aliphatic heterocycles. The van der Waals surface area contributed by atoms with E-state index < -0.39 is 11.6 Å². The standard InChI is InChI=1S/C25H26Cl2F2N2O4/c26-18-3-1-16(13-20(18)28)34-12-5-22(32)30-24-6-9-25(10-7-24,11-8-24)31-23(33)15-35-17-2-4-19(27)21(29)14-17/h1-4,13-14H,5-12,15H2,(H,30,32)(H,31,33). The van der Waals surface area contributed by atoms with Gasteiger partial charge in [0.05, 0.1) is 23.1 Å². The van der Waals surface area contributed by atoms with E-state index in [4.69, 9.17) is 32.7 Å². The molecule has 0 atom stereocenters. The van der Waals surface area contributed by atoms with Crippen LogP contribution in [0.4, 0.5) is 8.78 Å². The van der Waals surface area contributed by atoms with Gasteiger partial charge in [0, 0.05) is 23.2 Å². The van der Waals surface area contributed by atoms with E-state index >= 15 is 0 Å². The second kappa shape index (κ2) is 10.6. The minimum Gasteiger partial charge on any atom is -0.493 e. The van der Waals surface area contributed by atoms with E-state index in [1.807, 2.05) is 0 Å². The number of ether oxygens (including phenoxy) is 2. The van der Waals surface area contributed by atoms with Crippen LogP contribution in [-0.2, 0) is 9.59 Å². The Morgan fingerprint density at radius 1 is 0.771 bits per heavy atom. The monoisotopic (exact) mass is 526 g/mol. The second-order valence-electron chi connectivity index (χ2n) is 9.20. The molecule has 3 fully saturated rings. The highest BCUT2D eigenvalue weighted by atomic mass is 35.5. The lowest BCUT2D eigenvalue weighted by atomic mass is 9.61. The average Bonchev–Trinajstić information content (AvgIpc) is 2.83. The molecule has 5 rings (SSSR count). The molecule has 2 N–H and O–H groups in total. The molecule has 35 heavy (non-hydrogen) atoms. The van der Waals surface area contributed by atoms with Crippen LogP contribution in [0.1, 0.15) is 44.9 Å². The number of fused-ring (bicyclic) bond motifs is 3.